The van der Waals surface area contributed by atoms with Crippen LogP contribution < -0.4 is 10.2 Å². The summed E-state index contributed by atoms with van der Waals surface area (Å²) >= 11 is 0. The molecule has 1 atom stereocenters. The van der Waals surface area contributed by atoms with Crippen molar-refractivity contribution in [2.75, 3.05) is 29.9 Å². The van der Waals surface area contributed by atoms with Gasteiger partial charge in [-0.3, -0.25) is 4.79 Å². The van der Waals surface area contributed by atoms with Gasteiger partial charge in [0.05, 0.1) is 5.41 Å². The van der Waals surface area contributed by atoms with Crippen LogP contribution in [-0.2, 0) is 4.79 Å². The van der Waals surface area contributed by atoms with Crippen molar-refractivity contribution in [2.45, 2.75) is 19.8 Å². The van der Waals surface area contributed by atoms with Crippen molar-refractivity contribution in [3.8, 4) is 0 Å². The number of nitrogens with zero attached hydrogens (tertiary/aromatic N) is 3. The lowest BCUT2D eigenvalue weighted by molar-refractivity contribution is -0.125. The topological polar surface area (TPSA) is 78.4 Å². The second-order valence-electron chi connectivity index (χ2n) is 6.29. The lowest BCUT2D eigenvalue weighted by Crippen LogP contribution is -2.40. The van der Waals surface area contributed by atoms with Crippen LogP contribution >= 0.6 is 0 Å². The van der Waals surface area contributed by atoms with Crippen LogP contribution in [0.3, 0.4) is 0 Å². The monoisotopic (exact) mass is 326 g/mol. The highest BCUT2D eigenvalue weighted by atomic mass is 16.3. The third-order valence-corrected chi connectivity index (χ3v) is 4.57. The van der Waals surface area contributed by atoms with Gasteiger partial charge in [-0.05, 0) is 38.0 Å². The summed E-state index contributed by atoms with van der Waals surface area (Å²) in [5, 5.41) is 12.5. The van der Waals surface area contributed by atoms with E-state index in [1.54, 1.807) is 18.5 Å². The first-order valence-electron chi connectivity index (χ1n) is 8.14. The standard InChI is InChI=1S/C18H22N4O2/c1-14-3-5-15(6-4-14)21-16(24)18(8-12-23)7-11-22(13-18)17-19-9-2-10-20-17/h2-6,9-10,23H,7-8,11-13H2,1H3,(H,21,24). The Morgan fingerprint density at radius 2 is 2.00 bits per heavy atom. The van der Waals surface area contributed by atoms with Gasteiger partial charge in [0.2, 0.25) is 11.9 Å². The normalized spacial score (nSPS) is 20.2. The zero-order valence-electron chi connectivity index (χ0n) is 13.8. The summed E-state index contributed by atoms with van der Waals surface area (Å²) < 4.78 is 0. The maximum absolute atomic E-state index is 12.9. The molecule has 126 valence electrons. The van der Waals surface area contributed by atoms with Crippen LogP contribution in [0, 0.1) is 12.3 Å². The van der Waals surface area contributed by atoms with E-state index < -0.39 is 5.41 Å². The highest BCUT2D eigenvalue weighted by Crippen LogP contribution is 2.36. The number of aliphatic hydroxyl groups excluding tert-OH is 1. The van der Waals surface area contributed by atoms with Crippen molar-refractivity contribution < 1.29 is 9.90 Å². The molecule has 2 N–H and O–H groups in total. The zero-order valence-corrected chi connectivity index (χ0v) is 13.8. The van der Waals surface area contributed by atoms with Crippen LogP contribution in [0.15, 0.2) is 42.7 Å². The quantitative estimate of drug-likeness (QED) is 0.879. The number of nitrogens with one attached hydrogen (secondary N) is 1. The number of carbonyl (C=O) groups excluding carboxylic acids is 1. The fraction of sp³-hybridized carbons (Fsp3) is 0.389. The molecule has 2 aromatic rings. The first-order chi connectivity index (χ1) is 11.6. The fourth-order valence-corrected chi connectivity index (χ4v) is 3.12. The zero-order chi connectivity index (χ0) is 17.0. The Hall–Kier alpha value is -2.47. The van der Waals surface area contributed by atoms with Gasteiger partial charge in [-0.2, -0.15) is 0 Å². The number of aliphatic hydroxyl groups is 1. The van der Waals surface area contributed by atoms with Gasteiger partial charge in [-0.1, -0.05) is 17.7 Å². The smallest absolute Gasteiger partial charge is 0.232 e. The minimum absolute atomic E-state index is 0.0230. The first kappa shape index (κ1) is 16.4. The van der Waals surface area contributed by atoms with Gasteiger partial charge in [0.1, 0.15) is 0 Å². The van der Waals surface area contributed by atoms with Crippen LogP contribution in [0.1, 0.15) is 18.4 Å². The Morgan fingerprint density at radius 3 is 2.67 bits per heavy atom. The molecule has 1 aromatic carbocycles. The maximum atomic E-state index is 12.9. The summed E-state index contributed by atoms with van der Waals surface area (Å²) in [7, 11) is 0. The summed E-state index contributed by atoms with van der Waals surface area (Å²) in [6, 6.07) is 9.49. The molecular weight excluding hydrogens is 304 g/mol. The summed E-state index contributed by atoms with van der Waals surface area (Å²) in [4.78, 5) is 23.4. The molecule has 6 nitrogen and oxygen atoms in total. The number of hydrogen-bond donors (Lipinski definition) is 2. The number of amides is 1. The van der Waals surface area contributed by atoms with E-state index in [1.807, 2.05) is 36.1 Å². The van der Waals surface area contributed by atoms with E-state index >= 15 is 0 Å². The minimum atomic E-state index is -0.626. The molecule has 6 heteroatoms. The van der Waals surface area contributed by atoms with Crippen LogP contribution in [0.5, 0.6) is 0 Å². The van der Waals surface area contributed by atoms with E-state index in [1.165, 1.54) is 0 Å². The predicted octanol–water partition coefficient (Wildman–Crippen LogP) is 2.00. The van der Waals surface area contributed by atoms with Gasteiger partial charge in [-0.15, -0.1) is 0 Å². The summed E-state index contributed by atoms with van der Waals surface area (Å²) in [6.45, 7) is 3.19. The molecule has 1 amide bonds. The fourth-order valence-electron chi connectivity index (χ4n) is 3.12. The van der Waals surface area contributed by atoms with Gasteiger partial charge in [0, 0.05) is 37.8 Å². The number of benzene rings is 1. The number of anilines is 2. The van der Waals surface area contributed by atoms with Crippen LogP contribution in [0.4, 0.5) is 11.6 Å². The Balaban J connectivity index is 1.76. The molecule has 0 spiro atoms. The molecule has 0 bridgehead atoms. The van der Waals surface area contributed by atoms with E-state index in [0.29, 0.717) is 31.9 Å². The third kappa shape index (κ3) is 3.38. The van der Waals surface area contributed by atoms with Crippen molar-refractivity contribution in [3.63, 3.8) is 0 Å². The van der Waals surface area contributed by atoms with Gasteiger partial charge in [0.25, 0.3) is 0 Å². The molecule has 1 unspecified atom stereocenters. The second kappa shape index (κ2) is 6.97. The van der Waals surface area contributed by atoms with E-state index in [2.05, 4.69) is 15.3 Å². The van der Waals surface area contributed by atoms with Crippen molar-refractivity contribution in [2.24, 2.45) is 5.41 Å². The largest absolute Gasteiger partial charge is 0.396 e. The average Bonchev–Trinajstić information content (AvgIpc) is 3.04. The van der Waals surface area contributed by atoms with Crippen LogP contribution in [0.2, 0.25) is 0 Å². The van der Waals surface area contributed by atoms with Crippen LogP contribution in [0.25, 0.3) is 0 Å². The van der Waals surface area contributed by atoms with Gasteiger partial charge in [0.15, 0.2) is 0 Å². The second-order valence-corrected chi connectivity index (χ2v) is 6.29. The summed E-state index contributed by atoms with van der Waals surface area (Å²) in [5.74, 6) is 0.569. The molecule has 1 aliphatic rings. The van der Waals surface area contributed by atoms with Crippen molar-refractivity contribution in [1.82, 2.24) is 9.97 Å². The van der Waals surface area contributed by atoms with E-state index in [0.717, 1.165) is 11.3 Å². The lowest BCUT2D eigenvalue weighted by atomic mass is 9.82. The number of carbonyl (C=O) groups is 1. The maximum Gasteiger partial charge on any atom is 0.232 e. The molecule has 1 fully saturated rings. The average molecular weight is 326 g/mol. The Bertz CT molecular complexity index is 690. The predicted molar refractivity (Wildman–Crippen MR) is 92.8 cm³/mol. The summed E-state index contributed by atoms with van der Waals surface area (Å²) in [5.41, 5.74) is 1.29. The highest BCUT2D eigenvalue weighted by molar-refractivity contribution is 5.96. The van der Waals surface area contributed by atoms with Gasteiger partial charge < -0.3 is 15.3 Å². The molecule has 2 heterocycles. The molecule has 3 rings (SSSR count). The Kier molecular flexibility index (Phi) is 4.76. The van der Waals surface area contributed by atoms with Crippen LogP contribution in [-0.4, -0.2) is 40.7 Å². The summed E-state index contributed by atoms with van der Waals surface area (Å²) in [6.07, 6.45) is 4.49. The SMILES string of the molecule is Cc1ccc(NC(=O)C2(CCO)CCN(c3ncccn3)C2)cc1. The van der Waals surface area contributed by atoms with E-state index in [-0.39, 0.29) is 12.5 Å². The molecule has 1 aliphatic heterocycles. The number of aryl methyl sites for hydroxylation is 1. The van der Waals surface area contributed by atoms with E-state index in [9.17, 15) is 9.90 Å². The molecule has 1 saturated heterocycles. The molecule has 1 aromatic heterocycles. The molecule has 0 saturated carbocycles. The Labute approximate surface area is 141 Å². The first-order valence-corrected chi connectivity index (χ1v) is 8.14. The van der Waals surface area contributed by atoms with Crippen molar-refractivity contribution >= 4 is 17.5 Å². The molecule has 0 aliphatic carbocycles. The Morgan fingerprint density at radius 1 is 1.29 bits per heavy atom. The molecular formula is C18H22N4O2. The highest BCUT2D eigenvalue weighted by Gasteiger charge is 2.44. The third-order valence-electron chi connectivity index (χ3n) is 4.57. The number of rotatable bonds is 5. The van der Waals surface area contributed by atoms with E-state index in [4.69, 9.17) is 0 Å². The van der Waals surface area contributed by atoms with Crippen molar-refractivity contribution in [1.29, 1.82) is 0 Å². The minimum Gasteiger partial charge on any atom is -0.396 e. The molecule has 24 heavy (non-hydrogen) atoms. The van der Waals surface area contributed by atoms with Gasteiger partial charge in [-0.25, -0.2) is 9.97 Å². The number of hydrogen-bond acceptors (Lipinski definition) is 5. The number of aromatic nitrogens is 2. The van der Waals surface area contributed by atoms with Gasteiger partial charge >= 0.3 is 0 Å². The van der Waals surface area contributed by atoms with Crippen molar-refractivity contribution in [3.05, 3.63) is 48.3 Å². The lowest BCUT2D eigenvalue weighted by Gasteiger charge is -2.27. The molecule has 0 radical (unpaired) electrons.